The summed E-state index contributed by atoms with van der Waals surface area (Å²) in [6, 6.07) is 5.34. The third-order valence-electron chi connectivity index (χ3n) is 2.47. The number of rotatable bonds is 7. The highest BCUT2D eigenvalue weighted by Crippen LogP contribution is 2.23. The molecule has 0 fully saturated rings. The van der Waals surface area contributed by atoms with Crippen LogP contribution in [-0.4, -0.2) is 33.3 Å². The lowest BCUT2D eigenvalue weighted by atomic mass is 10.2. The van der Waals surface area contributed by atoms with Crippen molar-refractivity contribution in [1.82, 2.24) is 5.32 Å². The molecule has 0 saturated carbocycles. The molecule has 0 saturated heterocycles. The van der Waals surface area contributed by atoms with Crippen LogP contribution < -0.4 is 10.1 Å². The van der Waals surface area contributed by atoms with Gasteiger partial charge in [-0.2, -0.15) is 0 Å². The molecule has 1 N–H and O–H groups in total. The molecule has 0 radical (unpaired) electrons. The summed E-state index contributed by atoms with van der Waals surface area (Å²) in [6.45, 7) is 1.36. The first-order valence-electron chi connectivity index (χ1n) is 5.79. The lowest BCUT2D eigenvalue weighted by Crippen LogP contribution is -2.25. The van der Waals surface area contributed by atoms with Crippen LogP contribution in [0.5, 0.6) is 5.75 Å². The molecule has 1 rings (SSSR count). The van der Waals surface area contributed by atoms with Crippen molar-refractivity contribution in [3.8, 4) is 5.75 Å². The molecule has 1 aromatic carbocycles. The third-order valence-corrected chi connectivity index (χ3v) is 2.96. The molecule has 0 aliphatic rings. The van der Waals surface area contributed by atoms with Crippen LogP contribution in [0, 0.1) is 0 Å². The number of nitrogens with one attached hydrogen (secondary N) is 1. The summed E-state index contributed by atoms with van der Waals surface area (Å²) < 4.78 is 11.0. The largest absolute Gasteiger partial charge is 0.496 e. The topological polar surface area (TPSA) is 47.6 Å². The first-order chi connectivity index (χ1) is 8.69. The summed E-state index contributed by atoms with van der Waals surface area (Å²) in [5, 5.41) is 2.86. The minimum Gasteiger partial charge on any atom is -0.496 e. The van der Waals surface area contributed by atoms with E-state index in [9.17, 15) is 4.79 Å². The van der Waals surface area contributed by atoms with Crippen molar-refractivity contribution in [2.24, 2.45) is 0 Å². The number of hydrogen-bond donors (Lipinski definition) is 1. The van der Waals surface area contributed by atoms with E-state index in [1.807, 2.05) is 6.07 Å². The van der Waals surface area contributed by atoms with Crippen LogP contribution in [0.15, 0.2) is 22.7 Å². The molecule has 0 heterocycles. The van der Waals surface area contributed by atoms with Gasteiger partial charge in [-0.1, -0.05) is 15.9 Å². The average Bonchev–Trinajstić information content (AvgIpc) is 2.38. The predicted octanol–water partition coefficient (Wildman–Crippen LogP) is 2.61. The van der Waals surface area contributed by atoms with Crippen LogP contribution in [0.25, 0.3) is 0 Å². The molecule has 4 nitrogen and oxygen atoms in total. The van der Waals surface area contributed by atoms with E-state index in [2.05, 4.69) is 21.2 Å². The number of unbranched alkanes of at least 4 members (excludes halogenated alkanes) is 1. The third kappa shape index (κ3) is 4.66. The molecule has 1 amide bonds. The molecule has 100 valence electrons. The molecule has 0 aliphatic heterocycles. The van der Waals surface area contributed by atoms with Crippen molar-refractivity contribution >= 4 is 21.8 Å². The molecule has 0 aromatic heterocycles. The van der Waals surface area contributed by atoms with Crippen LogP contribution in [-0.2, 0) is 4.74 Å². The molecule has 0 unspecified atom stereocenters. The summed E-state index contributed by atoms with van der Waals surface area (Å²) in [5.74, 6) is 0.454. The van der Waals surface area contributed by atoms with Crippen molar-refractivity contribution in [3.63, 3.8) is 0 Å². The van der Waals surface area contributed by atoms with E-state index in [4.69, 9.17) is 9.47 Å². The van der Waals surface area contributed by atoms with E-state index in [1.165, 1.54) is 0 Å². The molecule has 0 aliphatic carbocycles. The van der Waals surface area contributed by atoms with Gasteiger partial charge in [-0.3, -0.25) is 4.79 Å². The quantitative estimate of drug-likeness (QED) is 0.787. The summed E-state index contributed by atoms with van der Waals surface area (Å²) >= 11 is 3.34. The molecular formula is C13H18BrNO3. The van der Waals surface area contributed by atoms with Crippen LogP contribution in [0.1, 0.15) is 23.2 Å². The van der Waals surface area contributed by atoms with Gasteiger partial charge in [0.2, 0.25) is 0 Å². The second-order valence-electron chi connectivity index (χ2n) is 3.80. The Kier molecular flexibility index (Phi) is 6.75. The van der Waals surface area contributed by atoms with Crippen molar-refractivity contribution in [2.45, 2.75) is 12.8 Å². The Morgan fingerprint density at radius 3 is 2.78 bits per heavy atom. The van der Waals surface area contributed by atoms with Crippen LogP contribution in [0.3, 0.4) is 0 Å². The first kappa shape index (κ1) is 15.0. The average molecular weight is 316 g/mol. The Hall–Kier alpha value is -1.07. The fourth-order valence-electron chi connectivity index (χ4n) is 1.52. The monoisotopic (exact) mass is 315 g/mol. The van der Waals surface area contributed by atoms with Crippen molar-refractivity contribution in [3.05, 3.63) is 28.2 Å². The van der Waals surface area contributed by atoms with Gasteiger partial charge < -0.3 is 14.8 Å². The highest BCUT2D eigenvalue weighted by molar-refractivity contribution is 9.10. The highest BCUT2D eigenvalue weighted by Gasteiger charge is 2.11. The zero-order chi connectivity index (χ0) is 13.4. The predicted molar refractivity (Wildman–Crippen MR) is 74.1 cm³/mol. The number of amides is 1. The van der Waals surface area contributed by atoms with E-state index in [0.29, 0.717) is 17.9 Å². The number of hydrogen-bond acceptors (Lipinski definition) is 3. The Bertz CT molecular complexity index is 396. The van der Waals surface area contributed by atoms with Crippen molar-refractivity contribution < 1.29 is 14.3 Å². The Morgan fingerprint density at radius 2 is 2.11 bits per heavy atom. The highest BCUT2D eigenvalue weighted by atomic mass is 79.9. The van der Waals surface area contributed by atoms with Gasteiger partial charge in [0.05, 0.1) is 12.7 Å². The van der Waals surface area contributed by atoms with Crippen LogP contribution >= 0.6 is 15.9 Å². The van der Waals surface area contributed by atoms with Gasteiger partial charge in [0, 0.05) is 24.7 Å². The maximum atomic E-state index is 11.9. The second-order valence-corrected chi connectivity index (χ2v) is 4.72. The summed E-state index contributed by atoms with van der Waals surface area (Å²) in [5.41, 5.74) is 0.549. The zero-order valence-corrected chi connectivity index (χ0v) is 12.2. The van der Waals surface area contributed by atoms with E-state index in [-0.39, 0.29) is 5.91 Å². The first-order valence-corrected chi connectivity index (χ1v) is 6.59. The van der Waals surface area contributed by atoms with Crippen LogP contribution in [0.4, 0.5) is 0 Å². The summed E-state index contributed by atoms with van der Waals surface area (Å²) in [4.78, 5) is 11.9. The molecule has 18 heavy (non-hydrogen) atoms. The molecule has 0 atom stereocenters. The zero-order valence-electron chi connectivity index (χ0n) is 10.7. The summed E-state index contributed by atoms with van der Waals surface area (Å²) in [7, 11) is 3.22. The minimum atomic E-state index is -0.114. The van der Waals surface area contributed by atoms with Gasteiger partial charge in [0.1, 0.15) is 5.75 Å². The second kappa shape index (κ2) is 8.11. The van der Waals surface area contributed by atoms with Gasteiger partial charge >= 0.3 is 0 Å². The van der Waals surface area contributed by atoms with Crippen molar-refractivity contribution in [2.75, 3.05) is 27.4 Å². The number of benzene rings is 1. The standard InChI is InChI=1S/C13H18BrNO3/c1-17-8-4-3-7-15-13(16)11-6-5-10(14)9-12(11)18-2/h5-6,9H,3-4,7-8H2,1-2H3,(H,15,16). The Balaban J connectivity index is 2.51. The summed E-state index contributed by atoms with van der Waals surface area (Å²) in [6.07, 6.45) is 1.84. The molecule has 1 aromatic rings. The Labute approximate surface area is 116 Å². The lowest BCUT2D eigenvalue weighted by molar-refractivity contribution is 0.0948. The van der Waals surface area contributed by atoms with Gasteiger partial charge in [-0.25, -0.2) is 0 Å². The number of carbonyl (C=O) groups is 1. The van der Waals surface area contributed by atoms with Crippen molar-refractivity contribution in [1.29, 1.82) is 0 Å². The van der Waals surface area contributed by atoms with E-state index < -0.39 is 0 Å². The number of methoxy groups -OCH3 is 2. The fourth-order valence-corrected chi connectivity index (χ4v) is 1.86. The van der Waals surface area contributed by atoms with Gasteiger partial charge in [-0.05, 0) is 31.0 Å². The fraction of sp³-hybridized carbons (Fsp3) is 0.462. The maximum Gasteiger partial charge on any atom is 0.255 e. The molecule has 0 bridgehead atoms. The normalized spacial score (nSPS) is 10.2. The van der Waals surface area contributed by atoms with Gasteiger partial charge in [0.25, 0.3) is 5.91 Å². The molecular weight excluding hydrogens is 298 g/mol. The lowest BCUT2D eigenvalue weighted by Gasteiger charge is -2.09. The maximum absolute atomic E-state index is 11.9. The number of carbonyl (C=O) groups excluding carboxylic acids is 1. The van der Waals surface area contributed by atoms with E-state index in [1.54, 1.807) is 26.4 Å². The van der Waals surface area contributed by atoms with E-state index in [0.717, 1.165) is 23.9 Å². The van der Waals surface area contributed by atoms with E-state index >= 15 is 0 Å². The molecule has 5 heteroatoms. The minimum absolute atomic E-state index is 0.114. The number of halogens is 1. The SMILES string of the molecule is COCCCCNC(=O)c1ccc(Br)cc1OC. The Morgan fingerprint density at radius 1 is 1.33 bits per heavy atom. The van der Waals surface area contributed by atoms with Gasteiger partial charge in [-0.15, -0.1) is 0 Å². The van der Waals surface area contributed by atoms with Gasteiger partial charge in [0.15, 0.2) is 0 Å². The van der Waals surface area contributed by atoms with Crippen LogP contribution in [0.2, 0.25) is 0 Å². The number of ether oxygens (including phenoxy) is 2. The smallest absolute Gasteiger partial charge is 0.255 e. The molecule has 0 spiro atoms.